The van der Waals surface area contributed by atoms with Gasteiger partial charge in [0.1, 0.15) is 4.21 Å². The predicted molar refractivity (Wildman–Crippen MR) is 102 cm³/mol. The largest absolute Gasteiger partial charge is 0.370 e. The smallest absolute Gasteiger partial charge is 0.252 e. The molecule has 1 aliphatic heterocycles. The Bertz CT molecular complexity index is 847. The van der Waals surface area contributed by atoms with Gasteiger partial charge in [-0.1, -0.05) is 18.2 Å². The van der Waals surface area contributed by atoms with Gasteiger partial charge in [0.2, 0.25) is 0 Å². The fourth-order valence-corrected chi connectivity index (χ4v) is 5.52. The first kappa shape index (κ1) is 17.9. The summed E-state index contributed by atoms with van der Waals surface area (Å²) in [7, 11) is -3.36. The Morgan fingerprint density at radius 2 is 2.24 bits per heavy atom. The highest BCUT2D eigenvalue weighted by molar-refractivity contribution is 7.91. The zero-order valence-corrected chi connectivity index (χ0v) is 15.7. The van der Waals surface area contributed by atoms with Gasteiger partial charge in [0, 0.05) is 25.3 Å². The van der Waals surface area contributed by atoms with Gasteiger partial charge in [0.25, 0.3) is 10.0 Å². The van der Waals surface area contributed by atoms with E-state index in [1.807, 2.05) is 31.2 Å². The molecule has 134 valence electrons. The molecule has 2 aromatic rings. The number of sulfonamides is 1. The van der Waals surface area contributed by atoms with E-state index >= 15 is 0 Å². The van der Waals surface area contributed by atoms with E-state index in [4.69, 9.17) is 5.73 Å². The van der Waals surface area contributed by atoms with E-state index in [1.54, 1.807) is 21.8 Å². The van der Waals surface area contributed by atoms with Crippen molar-refractivity contribution in [3.05, 3.63) is 47.3 Å². The van der Waals surface area contributed by atoms with Gasteiger partial charge in [0.15, 0.2) is 5.96 Å². The van der Waals surface area contributed by atoms with Gasteiger partial charge in [-0.05, 0) is 48.4 Å². The maximum absolute atomic E-state index is 12.5. The van der Waals surface area contributed by atoms with Crippen LogP contribution in [0.15, 0.2) is 51.0 Å². The lowest BCUT2D eigenvalue weighted by Gasteiger charge is -2.15. The number of benzene rings is 1. The van der Waals surface area contributed by atoms with Gasteiger partial charge < -0.3 is 11.1 Å². The Labute approximate surface area is 152 Å². The maximum Gasteiger partial charge on any atom is 0.252 e. The minimum absolute atomic E-state index is 0.188. The van der Waals surface area contributed by atoms with E-state index in [2.05, 4.69) is 10.3 Å². The summed E-state index contributed by atoms with van der Waals surface area (Å²) in [6.07, 6.45) is 0.797. The number of anilines is 1. The van der Waals surface area contributed by atoms with Crippen molar-refractivity contribution in [3.63, 3.8) is 0 Å². The number of hydrogen-bond acceptors (Lipinski definition) is 4. The molecule has 1 unspecified atom stereocenters. The summed E-state index contributed by atoms with van der Waals surface area (Å²) < 4.78 is 27.0. The van der Waals surface area contributed by atoms with Gasteiger partial charge >= 0.3 is 0 Å². The highest BCUT2D eigenvalue weighted by Gasteiger charge is 2.32. The number of aliphatic imine (C=N–C) groups is 1. The minimum Gasteiger partial charge on any atom is -0.370 e. The van der Waals surface area contributed by atoms with Gasteiger partial charge in [-0.15, -0.1) is 11.3 Å². The minimum atomic E-state index is -3.36. The quantitative estimate of drug-likeness (QED) is 0.618. The lowest BCUT2D eigenvalue weighted by Crippen LogP contribution is -2.29. The molecule has 8 heteroatoms. The number of nitrogens with one attached hydrogen (secondary N) is 1. The van der Waals surface area contributed by atoms with Crippen molar-refractivity contribution in [3.8, 4) is 0 Å². The first-order valence-electron chi connectivity index (χ1n) is 8.12. The second-order valence-corrected chi connectivity index (χ2v) is 9.28. The number of nitrogens with two attached hydrogens (primary N) is 1. The molecule has 1 aromatic carbocycles. The van der Waals surface area contributed by atoms with Crippen molar-refractivity contribution in [1.29, 1.82) is 0 Å². The summed E-state index contributed by atoms with van der Waals surface area (Å²) in [6.45, 7) is 3.55. The molecule has 0 bridgehead atoms. The molecule has 1 atom stereocenters. The lowest BCUT2D eigenvalue weighted by atomic mass is 10.1. The van der Waals surface area contributed by atoms with Crippen LogP contribution in [-0.2, 0) is 10.0 Å². The van der Waals surface area contributed by atoms with Crippen LogP contribution in [0.2, 0.25) is 0 Å². The summed E-state index contributed by atoms with van der Waals surface area (Å²) in [5.74, 6) is 0.540. The Kier molecular flexibility index (Phi) is 5.41. The van der Waals surface area contributed by atoms with E-state index in [0.717, 1.165) is 17.7 Å². The van der Waals surface area contributed by atoms with Crippen LogP contribution in [-0.4, -0.2) is 38.3 Å². The molecular weight excluding hydrogens is 356 g/mol. The molecule has 0 saturated carbocycles. The number of rotatable bonds is 5. The van der Waals surface area contributed by atoms with Crippen LogP contribution in [0.25, 0.3) is 0 Å². The van der Waals surface area contributed by atoms with Crippen molar-refractivity contribution < 1.29 is 8.42 Å². The highest BCUT2D eigenvalue weighted by Crippen LogP contribution is 2.27. The molecule has 0 aliphatic carbocycles. The van der Waals surface area contributed by atoms with Crippen LogP contribution in [0.5, 0.6) is 0 Å². The van der Waals surface area contributed by atoms with Crippen LogP contribution in [0.1, 0.15) is 12.0 Å². The summed E-state index contributed by atoms with van der Waals surface area (Å²) in [5.41, 5.74) is 7.98. The van der Waals surface area contributed by atoms with Crippen molar-refractivity contribution in [2.75, 3.05) is 25.0 Å². The zero-order valence-electron chi connectivity index (χ0n) is 14.1. The summed E-state index contributed by atoms with van der Waals surface area (Å²) in [4.78, 5) is 4.37. The van der Waals surface area contributed by atoms with Gasteiger partial charge in [0.05, 0.1) is 0 Å². The summed E-state index contributed by atoms with van der Waals surface area (Å²) in [6, 6.07) is 11.3. The van der Waals surface area contributed by atoms with Crippen molar-refractivity contribution in [1.82, 2.24) is 4.31 Å². The van der Waals surface area contributed by atoms with Crippen molar-refractivity contribution >= 4 is 33.0 Å². The normalized spacial score (nSPS) is 19.2. The molecule has 2 heterocycles. The standard InChI is InChI=1S/C17H22N4O2S2/c1-13-4-2-5-15(10-13)20-17(18)19-11-14-7-8-21(12-14)25(22,23)16-6-3-9-24-16/h2-6,9-10,14H,7-8,11-12H2,1H3,(H3,18,19,20). The molecule has 25 heavy (non-hydrogen) atoms. The SMILES string of the molecule is Cc1cccc(NC(N)=NCC2CCN(S(=O)(=O)c3cccs3)C2)c1. The molecule has 0 amide bonds. The third-order valence-electron chi connectivity index (χ3n) is 4.15. The number of hydrogen-bond donors (Lipinski definition) is 2. The second kappa shape index (κ2) is 7.55. The Morgan fingerprint density at radius 3 is 2.96 bits per heavy atom. The number of thiophene rings is 1. The number of guanidine groups is 1. The van der Waals surface area contributed by atoms with Crippen molar-refractivity contribution in [2.24, 2.45) is 16.6 Å². The van der Waals surface area contributed by atoms with E-state index in [-0.39, 0.29) is 5.92 Å². The first-order valence-corrected chi connectivity index (χ1v) is 10.4. The fraction of sp³-hybridized carbons (Fsp3) is 0.353. The Morgan fingerprint density at radius 1 is 1.40 bits per heavy atom. The average Bonchev–Trinajstić information content (AvgIpc) is 3.25. The Hall–Kier alpha value is -1.90. The van der Waals surface area contributed by atoms with Gasteiger partial charge in [-0.25, -0.2) is 8.42 Å². The number of aryl methyl sites for hydroxylation is 1. The van der Waals surface area contributed by atoms with Crippen molar-refractivity contribution in [2.45, 2.75) is 17.6 Å². The van der Waals surface area contributed by atoms with Gasteiger partial charge in [-0.2, -0.15) is 4.31 Å². The summed E-state index contributed by atoms with van der Waals surface area (Å²) in [5, 5.41) is 4.85. The van der Waals surface area contributed by atoms with E-state index < -0.39 is 10.0 Å². The third-order valence-corrected chi connectivity index (χ3v) is 7.39. The van der Waals surface area contributed by atoms with Crippen LogP contribution in [0, 0.1) is 12.8 Å². The third kappa shape index (κ3) is 4.39. The monoisotopic (exact) mass is 378 g/mol. The van der Waals surface area contributed by atoms with Crippen LogP contribution >= 0.6 is 11.3 Å². The summed E-state index contributed by atoms with van der Waals surface area (Å²) >= 11 is 1.25. The highest BCUT2D eigenvalue weighted by atomic mass is 32.2. The van der Waals surface area contributed by atoms with Crippen LogP contribution < -0.4 is 11.1 Å². The van der Waals surface area contributed by atoms with Crippen LogP contribution in [0.3, 0.4) is 0 Å². The zero-order chi connectivity index (χ0) is 17.9. The molecule has 1 aliphatic rings. The van der Waals surface area contributed by atoms with E-state index in [9.17, 15) is 8.42 Å². The topological polar surface area (TPSA) is 87.8 Å². The molecule has 0 radical (unpaired) electrons. The average molecular weight is 379 g/mol. The molecule has 6 nitrogen and oxygen atoms in total. The molecule has 1 saturated heterocycles. The molecule has 0 spiro atoms. The number of nitrogens with zero attached hydrogens (tertiary/aromatic N) is 2. The molecule has 3 N–H and O–H groups in total. The maximum atomic E-state index is 12.5. The fourth-order valence-electron chi connectivity index (χ4n) is 2.84. The Balaban J connectivity index is 1.56. The molecule has 1 fully saturated rings. The molecule has 1 aromatic heterocycles. The predicted octanol–water partition coefficient (Wildman–Crippen LogP) is 2.49. The van der Waals surface area contributed by atoms with Gasteiger partial charge in [-0.3, -0.25) is 4.99 Å². The second-order valence-electron chi connectivity index (χ2n) is 6.17. The first-order chi connectivity index (χ1) is 11.9. The van der Waals surface area contributed by atoms with Crippen LogP contribution in [0.4, 0.5) is 5.69 Å². The molecule has 3 rings (SSSR count). The van der Waals surface area contributed by atoms with E-state index in [0.29, 0.717) is 29.8 Å². The molecular formula is C17H22N4O2S2. The van der Waals surface area contributed by atoms with E-state index in [1.165, 1.54) is 11.3 Å². The lowest BCUT2D eigenvalue weighted by molar-refractivity contribution is 0.461.